The van der Waals surface area contributed by atoms with Gasteiger partial charge in [0.25, 0.3) is 0 Å². The second-order valence-electron chi connectivity index (χ2n) is 5.07. The van der Waals surface area contributed by atoms with Gasteiger partial charge in [0.1, 0.15) is 0 Å². The van der Waals surface area contributed by atoms with Gasteiger partial charge in [-0.3, -0.25) is 4.79 Å². The molecule has 0 aromatic heterocycles. The Hall–Kier alpha value is -1.88. The molecule has 0 bridgehead atoms. The molecule has 1 fully saturated rings. The Balaban J connectivity index is 1.90. The number of amides is 1. The van der Waals surface area contributed by atoms with Crippen molar-refractivity contribution in [2.75, 3.05) is 13.2 Å². The third-order valence-corrected chi connectivity index (χ3v) is 3.69. The van der Waals surface area contributed by atoms with Crippen molar-refractivity contribution in [2.24, 2.45) is 5.92 Å². The van der Waals surface area contributed by atoms with Crippen LogP contribution >= 0.6 is 0 Å². The zero-order chi connectivity index (χ0) is 14.5. The molecule has 0 spiro atoms. The molecule has 0 aliphatic carbocycles. The van der Waals surface area contributed by atoms with Crippen LogP contribution in [0.1, 0.15) is 29.3 Å². The minimum absolute atomic E-state index is 0.0877. The number of carboxylic acids is 1. The van der Waals surface area contributed by atoms with Crippen molar-refractivity contribution in [2.45, 2.75) is 25.9 Å². The standard InChI is InChI=1S/C15H19NO4/c1-10-12(6-7-20-10)9-16-14(17)8-11-4-2-3-5-13(11)15(18)19/h2-5,10,12H,6-9H2,1H3,(H,16,17)(H,18,19). The summed E-state index contributed by atoms with van der Waals surface area (Å²) < 4.78 is 5.44. The summed E-state index contributed by atoms with van der Waals surface area (Å²) in [5.74, 6) is -0.822. The number of carbonyl (C=O) groups excluding carboxylic acids is 1. The molecular weight excluding hydrogens is 258 g/mol. The van der Waals surface area contributed by atoms with Crippen molar-refractivity contribution in [1.82, 2.24) is 5.32 Å². The third kappa shape index (κ3) is 3.57. The van der Waals surface area contributed by atoms with Crippen LogP contribution < -0.4 is 5.32 Å². The van der Waals surface area contributed by atoms with Crippen LogP contribution in [0, 0.1) is 5.92 Å². The molecule has 1 aromatic carbocycles. The summed E-state index contributed by atoms with van der Waals surface area (Å²) in [7, 11) is 0. The molecule has 1 aliphatic rings. The summed E-state index contributed by atoms with van der Waals surface area (Å²) in [4.78, 5) is 23.0. The number of nitrogens with one attached hydrogen (secondary N) is 1. The zero-order valence-corrected chi connectivity index (χ0v) is 11.5. The van der Waals surface area contributed by atoms with Gasteiger partial charge in [0, 0.05) is 19.1 Å². The molecule has 2 rings (SSSR count). The first-order chi connectivity index (χ1) is 9.58. The topological polar surface area (TPSA) is 75.6 Å². The Morgan fingerprint density at radius 3 is 2.80 bits per heavy atom. The van der Waals surface area contributed by atoms with Crippen molar-refractivity contribution < 1.29 is 19.4 Å². The lowest BCUT2D eigenvalue weighted by Gasteiger charge is -2.15. The van der Waals surface area contributed by atoms with Gasteiger partial charge in [-0.1, -0.05) is 18.2 Å². The smallest absolute Gasteiger partial charge is 0.335 e. The second kappa shape index (κ2) is 6.52. The monoisotopic (exact) mass is 277 g/mol. The van der Waals surface area contributed by atoms with E-state index in [1.165, 1.54) is 6.07 Å². The number of carbonyl (C=O) groups is 2. The molecule has 1 aromatic rings. The number of carboxylic acid groups (broad SMARTS) is 1. The molecule has 2 N–H and O–H groups in total. The predicted octanol–water partition coefficient (Wildman–Crippen LogP) is 1.47. The molecule has 2 unspecified atom stereocenters. The quantitative estimate of drug-likeness (QED) is 0.854. The summed E-state index contributed by atoms with van der Waals surface area (Å²) in [6, 6.07) is 6.58. The molecule has 5 heteroatoms. The molecule has 108 valence electrons. The Kier molecular flexibility index (Phi) is 4.74. The lowest BCUT2D eigenvalue weighted by atomic mass is 10.0. The van der Waals surface area contributed by atoms with E-state index in [1.54, 1.807) is 18.2 Å². The van der Waals surface area contributed by atoms with Gasteiger partial charge in [0.15, 0.2) is 0 Å². The molecule has 1 heterocycles. The summed E-state index contributed by atoms with van der Waals surface area (Å²) in [6.07, 6.45) is 1.21. The molecular formula is C15H19NO4. The molecule has 5 nitrogen and oxygen atoms in total. The first-order valence-corrected chi connectivity index (χ1v) is 6.77. The molecule has 0 radical (unpaired) electrons. The summed E-state index contributed by atoms with van der Waals surface area (Å²) >= 11 is 0. The van der Waals surface area contributed by atoms with Crippen LogP contribution in [0.25, 0.3) is 0 Å². The number of hydrogen-bond donors (Lipinski definition) is 2. The fourth-order valence-corrected chi connectivity index (χ4v) is 2.41. The molecule has 1 saturated heterocycles. The lowest BCUT2D eigenvalue weighted by Crippen LogP contribution is -2.33. The van der Waals surface area contributed by atoms with E-state index in [-0.39, 0.29) is 24.0 Å². The van der Waals surface area contributed by atoms with Gasteiger partial charge in [0.2, 0.25) is 5.91 Å². The Morgan fingerprint density at radius 1 is 1.40 bits per heavy atom. The van der Waals surface area contributed by atoms with Crippen LogP contribution in [0.2, 0.25) is 0 Å². The first-order valence-electron chi connectivity index (χ1n) is 6.77. The van der Waals surface area contributed by atoms with E-state index in [1.807, 2.05) is 6.92 Å². The average molecular weight is 277 g/mol. The summed E-state index contributed by atoms with van der Waals surface area (Å²) in [5, 5.41) is 11.9. The van der Waals surface area contributed by atoms with E-state index in [0.717, 1.165) is 13.0 Å². The highest BCUT2D eigenvalue weighted by Gasteiger charge is 2.24. The highest BCUT2D eigenvalue weighted by Crippen LogP contribution is 2.19. The van der Waals surface area contributed by atoms with E-state index in [4.69, 9.17) is 9.84 Å². The molecule has 20 heavy (non-hydrogen) atoms. The number of aromatic carboxylic acids is 1. The normalized spacial score (nSPS) is 21.6. The van der Waals surface area contributed by atoms with Crippen LogP contribution in [-0.2, 0) is 16.0 Å². The molecule has 2 atom stereocenters. The zero-order valence-electron chi connectivity index (χ0n) is 11.5. The van der Waals surface area contributed by atoms with Crippen molar-refractivity contribution in [3.05, 3.63) is 35.4 Å². The van der Waals surface area contributed by atoms with Crippen molar-refractivity contribution in [1.29, 1.82) is 0 Å². The molecule has 1 amide bonds. The number of benzene rings is 1. The largest absolute Gasteiger partial charge is 0.478 e. The Bertz CT molecular complexity index is 500. The Morgan fingerprint density at radius 2 is 2.15 bits per heavy atom. The van der Waals surface area contributed by atoms with E-state index in [2.05, 4.69) is 5.32 Å². The minimum Gasteiger partial charge on any atom is -0.478 e. The highest BCUT2D eigenvalue weighted by molar-refractivity contribution is 5.91. The highest BCUT2D eigenvalue weighted by atomic mass is 16.5. The third-order valence-electron chi connectivity index (χ3n) is 3.69. The molecule has 0 saturated carbocycles. The van der Waals surface area contributed by atoms with Gasteiger partial charge in [-0.25, -0.2) is 4.79 Å². The van der Waals surface area contributed by atoms with Crippen LogP contribution in [0.4, 0.5) is 0 Å². The summed E-state index contributed by atoms with van der Waals surface area (Å²) in [6.45, 7) is 3.32. The average Bonchev–Trinajstić information content (AvgIpc) is 2.82. The van der Waals surface area contributed by atoms with Crippen molar-refractivity contribution in [3.8, 4) is 0 Å². The van der Waals surface area contributed by atoms with Crippen LogP contribution in [0.15, 0.2) is 24.3 Å². The maximum atomic E-state index is 11.9. The van der Waals surface area contributed by atoms with Gasteiger partial charge < -0.3 is 15.2 Å². The maximum Gasteiger partial charge on any atom is 0.335 e. The van der Waals surface area contributed by atoms with E-state index in [9.17, 15) is 9.59 Å². The maximum absolute atomic E-state index is 11.9. The van der Waals surface area contributed by atoms with E-state index < -0.39 is 5.97 Å². The van der Waals surface area contributed by atoms with E-state index in [0.29, 0.717) is 18.0 Å². The summed E-state index contributed by atoms with van der Waals surface area (Å²) in [5.41, 5.74) is 0.716. The number of rotatable bonds is 5. The molecule has 1 aliphatic heterocycles. The first kappa shape index (κ1) is 14.5. The SMILES string of the molecule is CC1OCCC1CNC(=O)Cc1ccccc1C(=O)O. The fraction of sp³-hybridized carbons (Fsp3) is 0.467. The Labute approximate surface area is 117 Å². The van der Waals surface area contributed by atoms with Crippen molar-refractivity contribution in [3.63, 3.8) is 0 Å². The lowest BCUT2D eigenvalue weighted by molar-refractivity contribution is -0.120. The van der Waals surface area contributed by atoms with Crippen LogP contribution in [-0.4, -0.2) is 36.2 Å². The number of ether oxygens (including phenoxy) is 1. The number of hydrogen-bond acceptors (Lipinski definition) is 3. The van der Waals surface area contributed by atoms with Crippen molar-refractivity contribution >= 4 is 11.9 Å². The van der Waals surface area contributed by atoms with Gasteiger partial charge in [0.05, 0.1) is 18.1 Å². The van der Waals surface area contributed by atoms with Crippen LogP contribution in [0.5, 0.6) is 0 Å². The second-order valence-corrected chi connectivity index (χ2v) is 5.07. The van der Waals surface area contributed by atoms with Gasteiger partial charge in [-0.15, -0.1) is 0 Å². The van der Waals surface area contributed by atoms with Crippen LogP contribution in [0.3, 0.4) is 0 Å². The predicted molar refractivity (Wildman–Crippen MR) is 73.6 cm³/mol. The van der Waals surface area contributed by atoms with E-state index >= 15 is 0 Å². The fourth-order valence-electron chi connectivity index (χ4n) is 2.41. The van der Waals surface area contributed by atoms with Gasteiger partial charge >= 0.3 is 5.97 Å². The van der Waals surface area contributed by atoms with Gasteiger partial charge in [-0.2, -0.15) is 0 Å². The minimum atomic E-state index is -1.01. The van der Waals surface area contributed by atoms with Gasteiger partial charge in [-0.05, 0) is 25.0 Å².